The summed E-state index contributed by atoms with van der Waals surface area (Å²) in [4.78, 5) is 23.6. The zero-order valence-corrected chi connectivity index (χ0v) is 15.1. The summed E-state index contributed by atoms with van der Waals surface area (Å²) in [6.45, 7) is 2.00. The van der Waals surface area contributed by atoms with E-state index in [1.165, 1.54) is 19.6 Å². The van der Waals surface area contributed by atoms with Crippen LogP contribution in [0.2, 0.25) is 0 Å². The van der Waals surface area contributed by atoms with Gasteiger partial charge in [0.15, 0.2) is 23.9 Å². The molecule has 5 nitrogen and oxygen atoms in total. The average molecular weight is 353 g/mol. The van der Waals surface area contributed by atoms with Crippen molar-refractivity contribution in [2.24, 2.45) is 0 Å². The van der Waals surface area contributed by atoms with E-state index in [0.29, 0.717) is 23.6 Å². The number of rotatable bonds is 8. The van der Waals surface area contributed by atoms with Crippen molar-refractivity contribution >= 4 is 11.7 Å². The van der Waals surface area contributed by atoms with Crippen molar-refractivity contribution in [2.75, 3.05) is 20.3 Å². The number of hydrogen-bond acceptors (Lipinski definition) is 4. The van der Waals surface area contributed by atoms with Crippen molar-refractivity contribution in [2.45, 2.75) is 25.2 Å². The van der Waals surface area contributed by atoms with Crippen LogP contribution in [-0.4, -0.2) is 32.0 Å². The van der Waals surface area contributed by atoms with Crippen LogP contribution in [0.4, 0.5) is 0 Å². The normalized spacial score (nSPS) is 14.4. The third kappa shape index (κ3) is 4.04. The lowest BCUT2D eigenvalue weighted by atomic mass is 9.96. The zero-order valence-electron chi connectivity index (χ0n) is 15.1. The molecule has 3 rings (SSSR count). The Bertz CT molecular complexity index is 797. The maximum Gasteiger partial charge on any atom is 0.257 e. The average Bonchev–Trinajstić information content (AvgIpc) is 3.46. The monoisotopic (exact) mass is 353 g/mol. The summed E-state index contributed by atoms with van der Waals surface area (Å²) in [5, 5.41) is 2.96. The van der Waals surface area contributed by atoms with Gasteiger partial charge in [-0.1, -0.05) is 30.3 Å². The smallest absolute Gasteiger partial charge is 0.257 e. The van der Waals surface area contributed by atoms with Crippen LogP contribution in [0.3, 0.4) is 0 Å². The molecular formula is C21H23NO4. The van der Waals surface area contributed by atoms with E-state index in [2.05, 4.69) is 17.4 Å². The van der Waals surface area contributed by atoms with E-state index in [1.54, 1.807) is 18.2 Å². The van der Waals surface area contributed by atoms with Gasteiger partial charge in [-0.2, -0.15) is 0 Å². The van der Waals surface area contributed by atoms with Crippen LogP contribution >= 0.6 is 0 Å². The summed E-state index contributed by atoms with van der Waals surface area (Å²) in [6.07, 6.45) is 2.16. The standard InChI is InChI=1S/C21H23NO4/c1-15(23)16-8-9-18(19(12-16)25-2)26-13-20(24)22-14-21(10-11-21)17-6-4-3-5-7-17/h3-9,12H,10-11,13-14H2,1-2H3,(H,22,24). The van der Waals surface area contributed by atoms with E-state index in [9.17, 15) is 9.59 Å². The number of carbonyl (C=O) groups is 2. The first kappa shape index (κ1) is 18.0. The fourth-order valence-electron chi connectivity index (χ4n) is 2.98. The molecule has 1 amide bonds. The van der Waals surface area contributed by atoms with Gasteiger partial charge in [-0.3, -0.25) is 9.59 Å². The molecule has 0 heterocycles. The minimum absolute atomic E-state index is 0.0526. The Morgan fingerprint density at radius 2 is 1.81 bits per heavy atom. The number of Topliss-reactive ketones (excluding diaryl/α,β-unsaturated/α-hetero) is 1. The lowest BCUT2D eigenvalue weighted by Gasteiger charge is -2.17. The number of ether oxygens (including phenoxy) is 2. The van der Waals surface area contributed by atoms with Gasteiger partial charge in [-0.05, 0) is 43.5 Å². The van der Waals surface area contributed by atoms with Crippen LogP contribution in [-0.2, 0) is 10.2 Å². The van der Waals surface area contributed by atoms with E-state index < -0.39 is 0 Å². The first-order valence-corrected chi connectivity index (χ1v) is 8.68. The SMILES string of the molecule is COc1cc(C(C)=O)ccc1OCC(=O)NCC1(c2ccccc2)CC1. The highest BCUT2D eigenvalue weighted by Crippen LogP contribution is 2.47. The molecule has 5 heteroatoms. The number of amides is 1. The fourth-order valence-corrected chi connectivity index (χ4v) is 2.98. The van der Waals surface area contributed by atoms with Gasteiger partial charge in [-0.25, -0.2) is 0 Å². The van der Waals surface area contributed by atoms with Crippen LogP contribution in [0.1, 0.15) is 35.7 Å². The highest BCUT2D eigenvalue weighted by Gasteiger charge is 2.44. The maximum atomic E-state index is 12.2. The summed E-state index contributed by atoms with van der Waals surface area (Å²) in [5.41, 5.74) is 1.87. The highest BCUT2D eigenvalue weighted by molar-refractivity contribution is 5.94. The predicted octanol–water partition coefficient (Wildman–Crippen LogP) is 3.12. The van der Waals surface area contributed by atoms with Crippen molar-refractivity contribution in [3.05, 3.63) is 59.7 Å². The predicted molar refractivity (Wildman–Crippen MR) is 98.9 cm³/mol. The Labute approximate surface area is 153 Å². The molecular weight excluding hydrogens is 330 g/mol. The molecule has 2 aromatic carbocycles. The van der Waals surface area contributed by atoms with Gasteiger partial charge in [-0.15, -0.1) is 0 Å². The molecule has 26 heavy (non-hydrogen) atoms. The quantitative estimate of drug-likeness (QED) is 0.741. The first-order valence-electron chi connectivity index (χ1n) is 8.68. The minimum atomic E-state index is -0.176. The molecule has 0 aliphatic heterocycles. The number of ketones is 1. The molecule has 1 aliphatic rings. The number of carbonyl (C=O) groups excluding carboxylic acids is 2. The summed E-state index contributed by atoms with van der Waals surface area (Å²) < 4.78 is 10.8. The second kappa shape index (κ2) is 7.60. The molecule has 136 valence electrons. The largest absolute Gasteiger partial charge is 0.493 e. The van der Waals surface area contributed by atoms with Crippen molar-refractivity contribution < 1.29 is 19.1 Å². The van der Waals surface area contributed by atoms with Gasteiger partial charge in [0, 0.05) is 17.5 Å². The van der Waals surface area contributed by atoms with E-state index in [-0.39, 0.29) is 23.7 Å². The molecule has 0 unspecified atom stereocenters. The third-order valence-electron chi connectivity index (χ3n) is 4.79. The minimum Gasteiger partial charge on any atom is -0.493 e. The topological polar surface area (TPSA) is 64.6 Å². The van der Waals surface area contributed by atoms with Gasteiger partial charge < -0.3 is 14.8 Å². The fraction of sp³-hybridized carbons (Fsp3) is 0.333. The van der Waals surface area contributed by atoms with Gasteiger partial charge in [0.25, 0.3) is 5.91 Å². The second-order valence-corrected chi connectivity index (χ2v) is 6.63. The van der Waals surface area contributed by atoms with Gasteiger partial charge in [0.1, 0.15) is 0 Å². The van der Waals surface area contributed by atoms with E-state index in [1.807, 2.05) is 18.2 Å². The van der Waals surface area contributed by atoms with Crippen LogP contribution in [0.25, 0.3) is 0 Å². The summed E-state index contributed by atoms with van der Waals surface area (Å²) in [6, 6.07) is 15.2. The van der Waals surface area contributed by atoms with Gasteiger partial charge in [0.05, 0.1) is 7.11 Å². The van der Waals surface area contributed by atoms with Crippen LogP contribution in [0.15, 0.2) is 48.5 Å². The Balaban J connectivity index is 1.54. The molecule has 0 bridgehead atoms. The number of nitrogens with one attached hydrogen (secondary N) is 1. The maximum absolute atomic E-state index is 12.2. The Morgan fingerprint density at radius 1 is 1.08 bits per heavy atom. The number of hydrogen-bond donors (Lipinski definition) is 1. The molecule has 1 fully saturated rings. The van der Waals surface area contributed by atoms with Crippen molar-refractivity contribution in [3.8, 4) is 11.5 Å². The lowest BCUT2D eigenvalue weighted by molar-refractivity contribution is -0.123. The summed E-state index contributed by atoms with van der Waals surface area (Å²) in [5.74, 6) is 0.651. The van der Waals surface area contributed by atoms with Gasteiger partial charge >= 0.3 is 0 Å². The van der Waals surface area contributed by atoms with Crippen LogP contribution in [0, 0.1) is 0 Å². The zero-order chi connectivity index (χ0) is 18.6. The molecule has 1 aliphatic carbocycles. The van der Waals surface area contributed by atoms with Crippen LogP contribution in [0.5, 0.6) is 11.5 Å². The summed E-state index contributed by atoms with van der Waals surface area (Å²) in [7, 11) is 1.50. The number of methoxy groups -OCH3 is 1. The van der Waals surface area contributed by atoms with E-state index >= 15 is 0 Å². The van der Waals surface area contributed by atoms with E-state index in [0.717, 1.165) is 12.8 Å². The summed E-state index contributed by atoms with van der Waals surface area (Å²) >= 11 is 0. The second-order valence-electron chi connectivity index (χ2n) is 6.63. The number of benzene rings is 2. The molecule has 1 saturated carbocycles. The lowest BCUT2D eigenvalue weighted by Crippen LogP contribution is -2.35. The first-order chi connectivity index (χ1) is 12.5. The molecule has 0 atom stereocenters. The third-order valence-corrected chi connectivity index (χ3v) is 4.79. The molecule has 0 saturated heterocycles. The molecule has 0 spiro atoms. The Kier molecular flexibility index (Phi) is 5.26. The molecule has 0 radical (unpaired) electrons. The molecule has 2 aromatic rings. The Hall–Kier alpha value is -2.82. The highest BCUT2D eigenvalue weighted by atomic mass is 16.5. The Morgan fingerprint density at radius 3 is 2.42 bits per heavy atom. The molecule has 0 aromatic heterocycles. The van der Waals surface area contributed by atoms with Crippen molar-refractivity contribution in [3.63, 3.8) is 0 Å². The van der Waals surface area contributed by atoms with Crippen molar-refractivity contribution in [1.29, 1.82) is 0 Å². The van der Waals surface area contributed by atoms with Crippen molar-refractivity contribution in [1.82, 2.24) is 5.32 Å². The van der Waals surface area contributed by atoms with E-state index in [4.69, 9.17) is 9.47 Å². The molecule has 1 N–H and O–H groups in total. The van der Waals surface area contributed by atoms with Crippen LogP contribution < -0.4 is 14.8 Å². The van der Waals surface area contributed by atoms with Gasteiger partial charge in [0.2, 0.25) is 0 Å².